The van der Waals surface area contributed by atoms with Crippen LogP contribution in [0.25, 0.3) is 0 Å². The van der Waals surface area contributed by atoms with Gasteiger partial charge in [0.15, 0.2) is 0 Å². The van der Waals surface area contributed by atoms with Crippen molar-refractivity contribution in [3.8, 4) is 11.8 Å². The third-order valence-corrected chi connectivity index (χ3v) is 0.447. The summed E-state index contributed by atoms with van der Waals surface area (Å²) in [5.74, 6) is 5.78. The average Bonchev–Trinajstić information content (AvgIpc) is 1.61. The van der Waals surface area contributed by atoms with E-state index >= 15 is 0 Å². The lowest BCUT2D eigenvalue weighted by molar-refractivity contribution is 1.61. The Bertz CT molecular complexity index is 57.7. The second kappa shape index (κ2) is 4.85. The van der Waals surface area contributed by atoms with Crippen molar-refractivity contribution in [1.29, 1.82) is 0 Å². The predicted molar refractivity (Wildman–Crippen MR) is 28.5 cm³/mol. The molecular formula is C5H6Cl. The van der Waals surface area contributed by atoms with Crippen molar-refractivity contribution in [1.82, 2.24) is 0 Å². The molecule has 0 aliphatic rings. The Morgan fingerprint density at radius 3 is 2.67 bits per heavy atom. The van der Waals surface area contributed by atoms with Crippen LogP contribution in [0.5, 0.6) is 0 Å². The topological polar surface area (TPSA) is 0 Å². The van der Waals surface area contributed by atoms with Crippen LogP contribution in [0.1, 0.15) is 6.92 Å². The summed E-state index contributed by atoms with van der Waals surface area (Å²) in [6, 6.07) is 0. The van der Waals surface area contributed by atoms with Crippen LogP contribution in [0.15, 0.2) is 0 Å². The summed E-state index contributed by atoms with van der Waals surface area (Å²) in [6.07, 6.45) is 1.77. The van der Waals surface area contributed by atoms with E-state index in [1.807, 2.05) is 6.92 Å². The summed E-state index contributed by atoms with van der Waals surface area (Å²) >= 11 is 5.19. The second-order valence-electron chi connectivity index (χ2n) is 0.743. The molecule has 0 spiro atoms. The van der Waals surface area contributed by atoms with Crippen LogP contribution < -0.4 is 0 Å². The minimum atomic E-state index is 0.435. The van der Waals surface area contributed by atoms with E-state index in [-0.39, 0.29) is 0 Å². The maximum Gasteiger partial charge on any atom is 0.0835 e. The predicted octanol–water partition coefficient (Wildman–Crippen LogP) is 1.45. The number of rotatable bonds is 0. The molecule has 0 N–H and O–H groups in total. The second-order valence-corrected chi connectivity index (χ2v) is 1.01. The molecule has 0 heterocycles. The molecule has 1 heteroatoms. The number of hydrogen-bond donors (Lipinski definition) is 0. The van der Waals surface area contributed by atoms with Crippen molar-refractivity contribution >= 4 is 11.6 Å². The fraction of sp³-hybridized carbons (Fsp3) is 0.400. The highest BCUT2D eigenvalue weighted by molar-refractivity contribution is 6.19. The lowest BCUT2D eigenvalue weighted by atomic mass is 10.5. The summed E-state index contributed by atoms with van der Waals surface area (Å²) in [4.78, 5) is 0. The molecule has 0 aliphatic heterocycles. The summed E-state index contributed by atoms with van der Waals surface area (Å²) in [7, 11) is 0. The van der Waals surface area contributed by atoms with Gasteiger partial charge in [0.1, 0.15) is 0 Å². The third kappa shape index (κ3) is 3.85. The first-order valence-electron chi connectivity index (χ1n) is 1.74. The van der Waals surface area contributed by atoms with Gasteiger partial charge in [-0.3, -0.25) is 0 Å². The van der Waals surface area contributed by atoms with E-state index in [2.05, 4.69) is 11.8 Å². The number of hydrogen-bond acceptors (Lipinski definition) is 0. The molecule has 0 saturated heterocycles. The van der Waals surface area contributed by atoms with Crippen LogP contribution in [0.4, 0.5) is 0 Å². The van der Waals surface area contributed by atoms with E-state index in [4.69, 9.17) is 11.6 Å². The maximum absolute atomic E-state index is 5.19. The third-order valence-electron chi connectivity index (χ3n) is 0.313. The molecule has 0 bridgehead atoms. The standard InChI is InChI=1S/C5H6Cl/c1-2-3-4-5-6/h2H,5H2,1H3. The monoisotopic (exact) mass is 101 g/mol. The van der Waals surface area contributed by atoms with Gasteiger partial charge in [0.25, 0.3) is 0 Å². The van der Waals surface area contributed by atoms with E-state index in [0.717, 1.165) is 0 Å². The highest BCUT2D eigenvalue weighted by Gasteiger charge is 1.58. The molecule has 6 heavy (non-hydrogen) atoms. The van der Waals surface area contributed by atoms with Gasteiger partial charge in [-0.05, 0) is 0 Å². The Morgan fingerprint density at radius 2 is 2.50 bits per heavy atom. The Balaban J connectivity index is 2.90. The van der Waals surface area contributed by atoms with Gasteiger partial charge in [0.2, 0.25) is 0 Å². The molecule has 0 rings (SSSR count). The fourth-order valence-corrected chi connectivity index (χ4v) is 0.218. The van der Waals surface area contributed by atoms with Gasteiger partial charge in [-0.2, -0.15) is 0 Å². The Morgan fingerprint density at radius 1 is 1.83 bits per heavy atom. The first kappa shape index (κ1) is 5.85. The zero-order chi connectivity index (χ0) is 4.83. The quantitative estimate of drug-likeness (QED) is 0.320. The minimum Gasteiger partial charge on any atom is -0.113 e. The molecule has 0 fully saturated rings. The van der Waals surface area contributed by atoms with E-state index in [0.29, 0.717) is 5.88 Å². The Labute approximate surface area is 43.5 Å². The summed E-state index contributed by atoms with van der Waals surface area (Å²) in [5, 5.41) is 0. The van der Waals surface area contributed by atoms with Crippen LogP contribution in [0.3, 0.4) is 0 Å². The molecule has 0 aromatic rings. The van der Waals surface area contributed by atoms with E-state index in [1.54, 1.807) is 6.42 Å². The SMILES string of the molecule is C[CH]C#CCCl. The maximum atomic E-state index is 5.19. The summed E-state index contributed by atoms with van der Waals surface area (Å²) in [5.41, 5.74) is 0. The molecule has 0 atom stereocenters. The number of halogens is 1. The largest absolute Gasteiger partial charge is 0.113 e. The summed E-state index contributed by atoms with van der Waals surface area (Å²) < 4.78 is 0. The fourth-order valence-electron chi connectivity index (χ4n) is 0.141. The van der Waals surface area contributed by atoms with Crippen molar-refractivity contribution < 1.29 is 0 Å². The Kier molecular flexibility index (Phi) is 4.73. The highest BCUT2D eigenvalue weighted by atomic mass is 35.5. The molecule has 0 unspecified atom stereocenters. The molecular weight excluding hydrogens is 95.5 g/mol. The molecule has 0 aliphatic carbocycles. The van der Waals surface area contributed by atoms with Gasteiger partial charge in [0, 0.05) is 6.42 Å². The van der Waals surface area contributed by atoms with Gasteiger partial charge >= 0.3 is 0 Å². The Hall–Kier alpha value is -0.150. The minimum absolute atomic E-state index is 0.435. The number of alkyl halides is 1. The lowest BCUT2D eigenvalue weighted by Crippen LogP contribution is -1.58. The molecule has 0 nitrogen and oxygen atoms in total. The lowest BCUT2D eigenvalue weighted by Gasteiger charge is -1.63. The molecule has 33 valence electrons. The van der Waals surface area contributed by atoms with E-state index in [9.17, 15) is 0 Å². The van der Waals surface area contributed by atoms with Gasteiger partial charge < -0.3 is 0 Å². The van der Waals surface area contributed by atoms with Crippen LogP contribution in [-0.2, 0) is 0 Å². The van der Waals surface area contributed by atoms with Crippen molar-refractivity contribution in [2.75, 3.05) is 5.88 Å². The first-order chi connectivity index (χ1) is 2.91. The molecule has 0 saturated carbocycles. The average molecular weight is 102 g/mol. The van der Waals surface area contributed by atoms with Gasteiger partial charge in [-0.15, -0.1) is 11.6 Å². The van der Waals surface area contributed by atoms with Crippen LogP contribution in [0.2, 0.25) is 0 Å². The molecule has 0 aromatic heterocycles. The van der Waals surface area contributed by atoms with Crippen molar-refractivity contribution in [3.63, 3.8) is 0 Å². The van der Waals surface area contributed by atoms with Gasteiger partial charge in [-0.1, -0.05) is 18.8 Å². The van der Waals surface area contributed by atoms with Crippen molar-refractivity contribution in [2.45, 2.75) is 6.92 Å². The molecule has 0 amide bonds. The van der Waals surface area contributed by atoms with Crippen LogP contribution >= 0.6 is 11.6 Å². The van der Waals surface area contributed by atoms with E-state index in [1.165, 1.54) is 0 Å². The highest BCUT2D eigenvalue weighted by Crippen LogP contribution is 1.68. The molecule has 1 radical (unpaired) electrons. The normalized spacial score (nSPS) is 6.33. The van der Waals surface area contributed by atoms with E-state index < -0.39 is 0 Å². The first-order valence-corrected chi connectivity index (χ1v) is 2.27. The van der Waals surface area contributed by atoms with Crippen molar-refractivity contribution in [3.05, 3.63) is 6.42 Å². The smallest absolute Gasteiger partial charge is 0.0835 e. The van der Waals surface area contributed by atoms with Gasteiger partial charge in [-0.25, -0.2) is 0 Å². The van der Waals surface area contributed by atoms with Crippen LogP contribution in [-0.4, -0.2) is 5.88 Å². The summed E-state index contributed by atoms with van der Waals surface area (Å²) in [6.45, 7) is 1.87. The molecule has 0 aromatic carbocycles. The zero-order valence-corrected chi connectivity index (χ0v) is 4.42. The van der Waals surface area contributed by atoms with Gasteiger partial charge in [0.05, 0.1) is 5.88 Å². The van der Waals surface area contributed by atoms with Crippen molar-refractivity contribution in [2.24, 2.45) is 0 Å². The zero-order valence-electron chi connectivity index (χ0n) is 3.66. The van der Waals surface area contributed by atoms with Crippen LogP contribution in [0, 0.1) is 18.3 Å².